The van der Waals surface area contributed by atoms with E-state index in [1.807, 2.05) is 11.8 Å². The quantitative estimate of drug-likeness (QED) is 0.925. The van der Waals surface area contributed by atoms with Crippen LogP contribution in [0.4, 0.5) is 14.5 Å². The molecule has 0 aliphatic carbocycles. The Kier molecular flexibility index (Phi) is 4.83. The highest BCUT2D eigenvalue weighted by Crippen LogP contribution is 2.34. The van der Waals surface area contributed by atoms with Crippen LogP contribution < -0.4 is 10.6 Å². The van der Waals surface area contributed by atoms with Crippen molar-refractivity contribution in [1.82, 2.24) is 0 Å². The molecule has 0 amide bonds. The lowest BCUT2D eigenvalue weighted by molar-refractivity contribution is 0.234. The number of piperidine rings is 1. The minimum atomic E-state index is -4.61. The Morgan fingerprint density at radius 2 is 2.00 bits per heavy atom. The zero-order chi connectivity index (χ0) is 15.6. The average molecular weight is 318 g/mol. The largest absolute Gasteiger partial charge is 0.367 e. The third kappa shape index (κ3) is 3.18. The topological polar surface area (TPSA) is 63.4 Å². The van der Waals surface area contributed by atoms with Crippen LogP contribution >= 0.6 is 0 Å². The minimum Gasteiger partial charge on any atom is -0.367 e. The molecule has 1 heterocycles. The molecule has 1 aromatic rings. The zero-order valence-electron chi connectivity index (χ0n) is 11.9. The van der Waals surface area contributed by atoms with E-state index in [1.54, 1.807) is 12.1 Å². The molecule has 21 heavy (non-hydrogen) atoms. The van der Waals surface area contributed by atoms with Gasteiger partial charge in [0.25, 0.3) is 0 Å². The van der Waals surface area contributed by atoms with E-state index in [1.165, 1.54) is 12.1 Å². The molecule has 0 bridgehead atoms. The molecule has 1 saturated heterocycles. The summed E-state index contributed by atoms with van der Waals surface area (Å²) in [6.07, 6.45) is 1.84. The number of alkyl halides is 2. The molecule has 1 fully saturated rings. The number of halogens is 2. The highest BCUT2D eigenvalue weighted by molar-refractivity contribution is 7.91. The van der Waals surface area contributed by atoms with Gasteiger partial charge < -0.3 is 10.6 Å². The maximum absolute atomic E-state index is 12.9. The van der Waals surface area contributed by atoms with Crippen molar-refractivity contribution in [2.45, 2.75) is 36.5 Å². The van der Waals surface area contributed by atoms with Gasteiger partial charge in [0.2, 0.25) is 9.84 Å². The van der Waals surface area contributed by atoms with Gasteiger partial charge in [-0.15, -0.1) is 0 Å². The van der Waals surface area contributed by atoms with Gasteiger partial charge in [-0.1, -0.05) is 12.1 Å². The molecule has 2 rings (SSSR count). The number of anilines is 1. The van der Waals surface area contributed by atoms with E-state index in [0.29, 0.717) is 18.8 Å². The molecular formula is C14H20F2N2O2S. The highest BCUT2D eigenvalue weighted by Gasteiger charge is 2.33. The molecule has 0 saturated carbocycles. The van der Waals surface area contributed by atoms with E-state index in [-0.39, 0.29) is 16.9 Å². The monoisotopic (exact) mass is 318 g/mol. The fourth-order valence-electron chi connectivity index (χ4n) is 2.74. The van der Waals surface area contributed by atoms with Crippen molar-refractivity contribution in [3.05, 3.63) is 24.3 Å². The number of hydrogen-bond acceptors (Lipinski definition) is 4. The van der Waals surface area contributed by atoms with Gasteiger partial charge in [0.1, 0.15) is 0 Å². The molecule has 118 valence electrons. The predicted octanol–water partition coefficient (Wildman–Crippen LogP) is 2.25. The highest BCUT2D eigenvalue weighted by atomic mass is 32.2. The van der Waals surface area contributed by atoms with Gasteiger partial charge in [0, 0.05) is 12.6 Å². The number of nitrogens with two attached hydrogens (primary N) is 1. The Hall–Kier alpha value is -1.21. The summed E-state index contributed by atoms with van der Waals surface area (Å²) in [5, 5.41) is 0. The standard InChI is InChI=1S/C14H20F2N2O2S/c1-10-6-7-11(8-17)9-18(10)12-4-2-3-5-13(12)21(19,20)14(15)16/h2-5,10-11,14H,6-9,17H2,1H3. The Bertz CT molecular complexity index is 592. The fraction of sp³-hybridized carbons (Fsp3) is 0.571. The molecular weight excluding hydrogens is 298 g/mol. The van der Waals surface area contributed by atoms with Gasteiger partial charge in [0.15, 0.2) is 0 Å². The minimum absolute atomic E-state index is 0.0989. The van der Waals surface area contributed by atoms with Gasteiger partial charge in [-0.25, -0.2) is 8.42 Å². The SMILES string of the molecule is CC1CCC(CN)CN1c1ccccc1S(=O)(=O)C(F)F. The number of hydrogen-bond donors (Lipinski definition) is 1. The molecule has 2 atom stereocenters. The first kappa shape index (κ1) is 16.2. The summed E-state index contributed by atoms with van der Waals surface area (Å²) >= 11 is 0. The molecule has 4 nitrogen and oxygen atoms in total. The van der Waals surface area contributed by atoms with Crippen LogP contribution in [0.3, 0.4) is 0 Å². The van der Waals surface area contributed by atoms with Gasteiger partial charge in [-0.2, -0.15) is 8.78 Å². The number of nitrogens with zero attached hydrogens (tertiary/aromatic N) is 1. The van der Waals surface area contributed by atoms with Crippen molar-refractivity contribution < 1.29 is 17.2 Å². The third-order valence-electron chi connectivity index (χ3n) is 4.03. The molecule has 1 aromatic carbocycles. The van der Waals surface area contributed by atoms with Crippen molar-refractivity contribution in [2.24, 2.45) is 11.7 Å². The van der Waals surface area contributed by atoms with Crippen molar-refractivity contribution in [3.63, 3.8) is 0 Å². The third-order valence-corrected chi connectivity index (χ3v) is 5.46. The first-order valence-corrected chi connectivity index (χ1v) is 8.50. The average Bonchev–Trinajstić information content (AvgIpc) is 2.47. The van der Waals surface area contributed by atoms with Crippen LogP contribution in [0.1, 0.15) is 19.8 Å². The number of benzene rings is 1. The van der Waals surface area contributed by atoms with Crippen LogP contribution in [0.2, 0.25) is 0 Å². The van der Waals surface area contributed by atoms with E-state index < -0.39 is 15.6 Å². The predicted molar refractivity (Wildman–Crippen MR) is 78.2 cm³/mol. The van der Waals surface area contributed by atoms with Crippen LogP contribution in [0.15, 0.2) is 29.2 Å². The molecule has 1 aliphatic heterocycles. The normalized spacial score (nSPS) is 23.6. The number of sulfone groups is 1. The molecule has 7 heteroatoms. The maximum Gasteiger partial charge on any atom is 0.341 e. The Labute approximate surface area is 123 Å². The van der Waals surface area contributed by atoms with Crippen LogP contribution in [-0.2, 0) is 9.84 Å². The summed E-state index contributed by atoms with van der Waals surface area (Å²) in [4.78, 5) is 1.58. The second-order valence-electron chi connectivity index (χ2n) is 5.45. The first-order valence-electron chi connectivity index (χ1n) is 6.95. The van der Waals surface area contributed by atoms with Gasteiger partial charge in [0.05, 0.1) is 10.6 Å². The van der Waals surface area contributed by atoms with Crippen LogP contribution in [0.5, 0.6) is 0 Å². The van der Waals surface area contributed by atoms with Crippen molar-refractivity contribution in [3.8, 4) is 0 Å². The van der Waals surface area contributed by atoms with Crippen LogP contribution in [0.25, 0.3) is 0 Å². The summed E-state index contributed by atoms with van der Waals surface area (Å²) in [6, 6.07) is 6.06. The number of rotatable bonds is 4. The van der Waals surface area contributed by atoms with Crippen molar-refractivity contribution in [1.29, 1.82) is 0 Å². The number of para-hydroxylation sites is 1. The van der Waals surface area contributed by atoms with E-state index in [0.717, 1.165) is 12.8 Å². The lowest BCUT2D eigenvalue weighted by Gasteiger charge is -2.40. The molecule has 0 spiro atoms. The second kappa shape index (κ2) is 6.27. The van der Waals surface area contributed by atoms with E-state index in [2.05, 4.69) is 0 Å². The van der Waals surface area contributed by atoms with Gasteiger partial charge in [-0.3, -0.25) is 0 Å². The Morgan fingerprint density at radius 1 is 1.33 bits per heavy atom. The molecule has 0 aromatic heterocycles. The van der Waals surface area contributed by atoms with Crippen molar-refractivity contribution in [2.75, 3.05) is 18.0 Å². The molecule has 1 aliphatic rings. The van der Waals surface area contributed by atoms with E-state index in [9.17, 15) is 17.2 Å². The molecule has 2 unspecified atom stereocenters. The van der Waals surface area contributed by atoms with Gasteiger partial charge >= 0.3 is 5.76 Å². The lowest BCUT2D eigenvalue weighted by Crippen LogP contribution is -2.44. The maximum atomic E-state index is 12.9. The lowest BCUT2D eigenvalue weighted by atomic mass is 9.93. The summed E-state index contributed by atoms with van der Waals surface area (Å²) in [6.45, 7) is 3.07. The Balaban J connectivity index is 2.44. The summed E-state index contributed by atoms with van der Waals surface area (Å²) in [5.74, 6) is -3.16. The molecule has 2 N–H and O–H groups in total. The van der Waals surface area contributed by atoms with Crippen LogP contribution in [-0.4, -0.2) is 33.3 Å². The smallest absolute Gasteiger partial charge is 0.341 e. The molecule has 0 radical (unpaired) electrons. The van der Waals surface area contributed by atoms with E-state index >= 15 is 0 Å². The summed E-state index contributed by atoms with van der Waals surface area (Å²) in [5.41, 5.74) is 6.05. The Morgan fingerprint density at radius 3 is 2.62 bits per heavy atom. The zero-order valence-corrected chi connectivity index (χ0v) is 12.7. The first-order chi connectivity index (χ1) is 9.87. The van der Waals surface area contributed by atoms with Crippen molar-refractivity contribution >= 4 is 15.5 Å². The summed E-state index contributed by atoms with van der Waals surface area (Å²) in [7, 11) is -4.61. The van der Waals surface area contributed by atoms with Gasteiger partial charge in [-0.05, 0) is 44.4 Å². The fourth-order valence-corrected chi connectivity index (χ4v) is 3.68. The summed E-state index contributed by atoms with van der Waals surface area (Å²) < 4.78 is 49.4. The van der Waals surface area contributed by atoms with E-state index in [4.69, 9.17) is 5.73 Å². The second-order valence-corrected chi connectivity index (χ2v) is 7.34. The van der Waals surface area contributed by atoms with Crippen LogP contribution in [0, 0.1) is 5.92 Å².